The van der Waals surface area contributed by atoms with Gasteiger partial charge in [-0.15, -0.1) is 0 Å². The van der Waals surface area contributed by atoms with Crippen LogP contribution in [0, 0.1) is 5.41 Å². The molecule has 2 aliphatic carbocycles. The summed E-state index contributed by atoms with van der Waals surface area (Å²) in [6, 6.07) is 7.50. The Kier molecular flexibility index (Phi) is 3.89. The lowest BCUT2D eigenvalue weighted by molar-refractivity contribution is -0.114. The summed E-state index contributed by atoms with van der Waals surface area (Å²) in [6.45, 7) is 2.80. The van der Waals surface area contributed by atoms with Crippen LogP contribution in [0.3, 0.4) is 0 Å². The summed E-state index contributed by atoms with van der Waals surface area (Å²) in [5.41, 5.74) is 1.29. The largest absolute Gasteiger partial charge is 0.478 e. The maximum atomic E-state index is 11.3. The molecule has 1 spiro atoms. The molecule has 2 atom stereocenters. The van der Waals surface area contributed by atoms with Gasteiger partial charge in [-0.25, -0.2) is 4.79 Å². The average Bonchev–Trinajstić information content (AvgIpc) is 2.99. The third-order valence-electron chi connectivity index (χ3n) is 5.17. The highest BCUT2D eigenvalue weighted by Crippen LogP contribution is 2.55. The highest BCUT2D eigenvalue weighted by Gasteiger charge is 2.56. The van der Waals surface area contributed by atoms with Crippen molar-refractivity contribution in [2.45, 2.75) is 51.2 Å². The number of para-hydroxylation sites is 1. The van der Waals surface area contributed by atoms with Crippen molar-refractivity contribution >= 4 is 11.7 Å². The molecule has 1 aromatic rings. The number of carbonyl (C=O) groups is 1. The number of carboxylic acids is 1. The van der Waals surface area contributed by atoms with E-state index in [1.54, 1.807) is 12.1 Å². The Morgan fingerprint density at radius 3 is 2.76 bits per heavy atom. The highest BCUT2D eigenvalue weighted by atomic mass is 16.5. The van der Waals surface area contributed by atoms with Crippen LogP contribution in [-0.2, 0) is 4.74 Å². The SMILES string of the molecule is CCOC1CC(Nc2ccccc2C(=O)O)C12CCCC2. The van der Waals surface area contributed by atoms with Crippen LogP contribution in [0.15, 0.2) is 24.3 Å². The number of rotatable bonds is 5. The van der Waals surface area contributed by atoms with Crippen molar-refractivity contribution in [2.75, 3.05) is 11.9 Å². The topological polar surface area (TPSA) is 58.6 Å². The monoisotopic (exact) mass is 289 g/mol. The molecule has 2 saturated carbocycles. The molecule has 0 aliphatic heterocycles. The zero-order chi connectivity index (χ0) is 14.9. The van der Waals surface area contributed by atoms with E-state index in [1.165, 1.54) is 25.7 Å². The fourth-order valence-electron chi connectivity index (χ4n) is 4.07. The predicted octanol–water partition coefficient (Wildman–Crippen LogP) is 3.53. The molecular formula is C17H23NO3. The molecule has 114 valence electrons. The fourth-order valence-corrected chi connectivity index (χ4v) is 4.07. The molecule has 0 aromatic heterocycles. The standard InChI is InChI=1S/C17H23NO3/c1-2-21-15-11-14(17(15)9-5-6-10-17)18-13-8-4-3-7-12(13)16(19)20/h3-4,7-8,14-15,18H,2,5-6,9-11H2,1H3,(H,19,20). The number of aromatic carboxylic acids is 1. The van der Waals surface area contributed by atoms with E-state index in [0.29, 0.717) is 17.7 Å². The van der Waals surface area contributed by atoms with Crippen molar-refractivity contribution < 1.29 is 14.6 Å². The first-order valence-electron chi connectivity index (χ1n) is 7.88. The molecule has 4 heteroatoms. The van der Waals surface area contributed by atoms with E-state index in [4.69, 9.17) is 4.74 Å². The number of ether oxygens (including phenoxy) is 1. The van der Waals surface area contributed by atoms with Crippen molar-refractivity contribution in [3.05, 3.63) is 29.8 Å². The minimum absolute atomic E-state index is 0.210. The van der Waals surface area contributed by atoms with Gasteiger partial charge in [-0.1, -0.05) is 25.0 Å². The molecule has 0 saturated heterocycles. The van der Waals surface area contributed by atoms with Crippen molar-refractivity contribution in [1.82, 2.24) is 0 Å². The van der Waals surface area contributed by atoms with E-state index in [-0.39, 0.29) is 5.41 Å². The Bertz CT molecular complexity index is 523. The van der Waals surface area contributed by atoms with E-state index >= 15 is 0 Å². The Hall–Kier alpha value is -1.55. The number of hydrogen-bond acceptors (Lipinski definition) is 3. The van der Waals surface area contributed by atoms with Crippen LogP contribution in [-0.4, -0.2) is 29.8 Å². The summed E-state index contributed by atoms with van der Waals surface area (Å²) in [7, 11) is 0. The van der Waals surface area contributed by atoms with Gasteiger partial charge in [0, 0.05) is 23.8 Å². The van der Waals surface area contributed by atoms with Crippen LogP contribution < -0.4 is 5.32 Å². The smallest absolute Gasteiger partial charge is 0.337 e. The van der Waals surface area contributed by atoms with Gasteiger partial charge in [-0.2, -0.15) is 0 Å². The molecule has 21 heavy (non-hydrogen) atoms. The Balaban J connectivity index is 1.78. The number of hydrogen-bond donors (Lipinski definition) is 2. The van der Waals surface area contributed by atoms with Gasteiger partial charge in [0.2, 0.25) is 0 Å². The van der Waals surface area contributed by atoms with Crippen LogP contribution >= 0.6 is 0 Å². The zero-order valence-corrected chi connectivity index (χ0v) is 12.5. The highest BCUT2D eigenvalue weighted by molar-refractivity contribution is 5.94. The molecule has 0 bridgehead atoms. The number of carboxylic acid groups (broad SMARTS) is 1. The Labute approximate surface area is 125 Å². The first-order chi connectivity index (χ1) is 10.2. The van der Waals surface area contributed by atoms with E-state index in [9.17, 15) is 9.90 Å². The second-order valence-corrected chi connectivity index (χ2v) is 6.17. The molecule has 0 heterocycles. The lowest BCUT2D eigenvalue weighted by Gasteiger charge is -2.54. The molecule has 1 aromatic carbocycles. The van der Waals surface area contributed by atoms with Crippen LogP contribution in [0.25, 0.3) is 0 Å². The average molecular weight is 289 g/mol. The minimum Gasteiger partial charge on any atom is -0.478 e. The molecule has 0 amide bonds. The van der Waals surface area contributed by atoms with Gasteiger partial charge < -0.3 is 15.2 Å². The van der Waals surface area contributed by atoms with E-state index in [1.807, 2.05) is 19.1 Å². The van der Waals surface area contributed by atoms with Crippen molar-refractivity contribution in [2.24, 2.45) is 5.41 Å². The van der Waals surface area contributed by atoms with Crippen LogP contribution in [0.5, 0.6) is 0 Å². The quantitative estimate of drug-likeness (QED) is 0.870. The molecule has 4 nitrogen and oxygen atoms in total. The number of benzene rings is 1. The fraction of sp³-hybridized carbons (Fsp3) is 0.588. The third-order valence-corrected chi connectivity index (χ3v) is 5.17. The summed E-state index contributed by atoms with van der Waals surface area (Å²) in [4.78, 5) is 11.3. The lowest BCUT2D eigenvalue weighted by Crippen LogP contribution is -2.60. The lowest BCUT2D eigenvalue weighted by atomic mass is 9.60. The van der Waals surface area contributed by atoms with Crippen molar-refractivity contribution in [3.63, 3.8) is 0 Å². The molecule has 2 unspecified atom stereocenters. The second-order valence-electron chi connectivity index (χ2n) is 6.17. The molecule has 0 radical (unpaired) electrons. The maximum absolute atomic E-state index is 11.3. The minimum atomic E-state index is -0.876. The Morgan fingerprint density at radius 2 is 2.10 bits per heavy atom. The third kappa shape index (κ3) is 2.42. The van der Waals surface area contributed by atoms with Crippen molar-refractivity contribution in [1.29, 1.82) is 0 Å². The molecule has 2 aliphatic rings. The Morgan fingerprint density at radius 1 is 1.38 bits per heavy atom. The molecule has 2 N–H and O–H groups in total. The van der Waals surface area contributed by atoms with Gasteiger partial charge in [0.15, 0.2) is 0 Å². The van der Waals surface area contributed by atoms with Gasteiger partial charge in [-0.05, 0) is 38.3 Å². The van der Waals surface area contributed by atoms with E-state index in [0.717, 1.165) is 18.7 Å². The van der Waals surface area contributed by atoms with Gasteiger partial charge in [0.1, 0.15) is 0 Å². The summed E-state index contributed by atoms with van der Waals surface area (Å²) >= 11 is 0. The summed E-state index contributed by atoms with van der Waals surface area (Å²) in [5, 5.41) is 12.8. The number of nitrogens with one attached hydrogen (secondary N) is 1. The van der Waals surface area contributed by atoms with Gasteiger partial charge in [0.05, 0.1) is 11.7 Å². The van der Waals surface area contributed by atoms with Gasteiger partial charge >= 0.3 is 5.97 Å². The first kappa shape index (κ1) is 14.4. The molecule has 3 rings (SSSR count). The molecular weight excluding hydrogens is 266 g/mol. The summed E-state index contributed by atoms with van der Waals surface area (Å²) < 4.78 is 5.90. The van der Waals surface area contributed by atoms with Crippen LogP contribution in [0.2, 0.25) is 0 Å². The zero-order valence-electron chi connectivity index (χ0n) is 12.5. The number of anilines is 1. The second kappa shape index (κ2) is 5.68. The van der Waals surface area contributed by atoms with Crippen molar-refractivity contribution in [3.8, 4) is 0 Å². The normalized spacial score (nSPS) is 26.5. The van der Waals surface area contributed by atoms with Crippen LogP contribution in [0.4, 0.5) is 5.69 Å². The van der Waals surface area contributed by atoms with E-state index in [2.05, 4.69) is 5.32 Å². The maximum Gasteiger partial charge on any atom is 0.337 e. The predicted molar refractivity (Wildman–Crippen MR) is 81.7 cm³/mol. The first-order valence-corrected chi connectivity index (χ1v) is 7.88. The summed E-state index contributed by atoms with van der Waals surface area (Å²) in [6.07, 6.45) is 6.18. The van der Waals surface area contributed by atoms with E-state index < -0.39 is 5.97 Å². The van der Waals surface area contributed by atoms with Gasteiger partial charge in [-0.3, -0.25) is 0 Å². The van der Waals surface area contributed by atoms with Gasteiger partial charge in [0.25, 0.3) is 0 Å². The van der Waals surface area contributed by atoms with Crippen LogP contribution in [0.1, 0.15) is 49.4 Å². The summed E-state index contributed by atoms with van der Waals surface area (Å²) in [5.74, 6) is -0.876. The molecule has 2 fully saturated rings.